The Bertz CT molecular complexity index is 1510. The third-order valence-corrected chi connectivity index (χ3v) is 6.99. The highest BCUT2D eigenvalue weighted by molar-refractivity contribution is 7.98. The number of pyridine rings is 1. The summed E-state index contributed by atoms with van der Waals surface area (Å²) in [5, 5.41) is 27.7. The van der Waals surface area contributed by atoms with Gasteiger partial charge in [-0.05, 0) is 19.1 Å². The van der Waals surface area contributed by atoms with Crippen molar-refractivity contribution in [3.63, 3.8) is 0 Å². The predicted octanol–water partition coefficient (Wildman–Crippen LogP) is 4.62. The van der Waals surface area contributed by atoms with Crippen LogP contribution < -0.4 is 10.6 Å². The highest BCUT2D eigenvalue weighted by atomic mass is 35.5. The molecule has 9 nitrogen and oxygen atoms in total. The minimum atomic E-state index is -0.563. The first-order valence-corrected chi connectivity index (χ1v) is 12.3. The van der Waals surface area contributed by atoms with E-state index < -0.39 is 5.97 Å². The number of nitrogens with two attached hydrogens (primary N) is 1. The number of anilines is 1. The van der Waals surface area contributed by atoms with E-state index in [1.165, 1.54) is 36.2 Å². The molecular formula is C23H16ClN7O2S2. The first kappa shape index (κ1) is 24.2. The van der Waals surface area contributed by atoms with Crippen LogP contribution in [0.2, 0.25) is 5.02 Å². The fourth-order valence-corrected chi connectivity index (χ4v) is 5.22. The van der Waals surface area contributed by atoms with E-state index in [4.69, 9.17) is 22.2 Å². The number of halogens is 1. The number of aryl methyl sites for hydroxylation is 1. The lowest BCUT2D eigenvalue weighted by Crippen LogP contribution is -2.16. The summed E-state index contributed by atoms with van der Waals surface area (Å²) < 4.78 is 0. The van der Waals surface area contributed by atoms with Crippen molar-refractivity contribution in [2.75, 3.05) is 5.73 Å². The van der Waals surface area contributed by atoms with Gasteiger partial charge in [-0.1, -0.05) is 40.3 Å². The van der Waals surface area contributed by atoms with Gasteiger partial charge in [0.2, 0.25) is 0 Å². The number of nitriles is 2. The average Bonchev–Trinajstić information content (AvgIpc) is 3.43. The highest BCUT2D eigenvalue weighted by Crippen LogP contribution is 2.38. The summed E-state index contributed by atoms with van der Waals surface area (Å²) >= 11 is 8.75. The average molecular weight is 522 g/mol. The molecule has 1 aromatic carbocycles. The molecule has 0 atom stereocenters. The molecular weight excluding hydrogens is 506 g/mol. The van der Waals surface area contributed by atoms with Gasteiger partial charge < -0.3 is 10.6 Å². The van der Waals surface area contributed by atoms with Crippen molar-refractivity contribution < 1.29 is 9.63 Å². The predicted molar refractivity (Wildman–Crippen MR) is 133 cm³/mol. The normalized spacial score (nSPS) is 10.5. The van der Waals surface area contributed by atoms with E-state index in [1.54, 1.807) is 6.92 Å². The number of aromatic nitrogens is 4. The number of nitrogen functional groups attached to an aromatic ring is 1. The minimum absolute atomic E-state index is 0.0104. The zero-order chi connectivity index (χ0) is 25.1. The lowest BCUT2D eigenvalue weighted by Gasteiger charge is -2.11. The van der Waals surface area contributed by atoms with Crippen molar-refractivity contribution in [2.24, 2.45) is 0 Å². The molecule has 12 heteroatoms. The van der Waals surface area contributed by atoms with Crippen LogP contribution in [-0.2, 0) is 10.5 Å². The number of rotatable bonds is 6. The molecule has 4 aromatic rings. The summed E-state index contributed by atoms with van der Waals surface area (Å²) in [6.45, 7) is 2.92. The SMILES string of the molecule is CC(=O)On1cc(-c2c(C#N)c(N)nc(SCc3csc(-c4ccc(Cl)cc4)n3)c2C#N)c(C)n1. The molecule has 4 rings (SSSR count). The van der Waals surface area contributed by atoms with Gasteiger partial charge in [-0.3, -0.25) is 0 Å². The van der Waals surface area contributed by atoms with E-state index in [1.807, 2.05) is 35.7 Å². The lowest BCUT2D eigenvalue weighted by atomic mass is 9.97. The summed E-state index contributed by atoms with van der Waals surface area (Å²) in [5.41, 5.74) is 9.27. The summed E-state index contributed by atoms with van der Waals surface area (Å²) in [6, 6.07) is 11.6. The Hall–Kier alpha value is -3.90. The van der Waals surface area contributed by atoms with Gasteiger partial charge in [0.1, 0.15) is 33.6 Å². The van der Waals surface area contributed by atoms with Crippen LogP contribution in [0.3, 0.4) is 0 Å². The van der Waals surface area contributed by atoms with Crippen molar-refractivity contribution in [2.45, 2.75) is 24.6 Å². The summed E-state index contributed by atoms with van der Waals surface area (Å²) in [6.07, 6.45) is 1.43. The molecule has 0 aliphatic rings. The van der Waals surface area contributed by atoms with Gasteiger partial charge >= 0.3 is 5.97 Å². The quantitative estimate of drug-likeness (QED) is 0.359. The van der Waals surface area contributed by atoms with Crippen LogP contribution in [0.4, 0.5) is 5.82 Å². The van der Waals surface area contributed by atoms with Crippen molar-refractivity contribution >= 4 is 46.5 Å². The molecule has 0 aliphatic carbocycles. The van der Waals surface area contributed by atoms with Crippen LogP contribution in [0.25, 0.3) is 21.7 Å². The van der Waals surface area contributed by atoms with Crippen molar-refractivity contribution in [1.29, 1.82) is 10.5 Å². The van der Waals surface area contributed by atoms with Crippen LogP contribution >= 0.6 is 34.7 Å². The van der Waals surface area contributed by atoms with E-state index in [-0.39, 0.29) is 16.9 Å². The summed E-state index contributed by atoms with van der Waals surface area (Å²) in [4.78, 5) is 26.3. The Morgan fingerprint density at radius 1 is 1.23 bits per heavy atom. The zero-order valence-electron chi connectivity index (χ0n) is 18.4. The molecule has 0 fully saturated rings. The maximum atomic E-state index is 11.3. The van der Waals surface area contributed by atoms with Gasteiger partial charge in [-0.15, -0.1) is 16.4 Å². The van der Waals surface area contributed by atoms with Crippen molar-refractivity contribution in [3.05, 3.63) is 63.4 Å². The van der Waals surface area contributed by atoms with Gasteiger partial charge in [0, 0.05) is 39.8 Å². The Balaban J connectivity index is 1.68. The van der Waals surface area contributed by atoms with Gasteiger partial charge in [-0.2, -0.15) is 10.5 Å². The number of thioether (sulfide) groups is 1. The molecule has 0 saturated carbocycles. The summed E-state index contributed by atoms with van der Waals surface area (Å²) in [5.74, 6) is -0.141. The highest BCUT2D eigenvalue weighted by Gasteiger charge is 2.24. The molecule has 174 valence electrons. The standard InChI is InChI=1S/C23H16ClN7O2S2/c1-12-19(9-31(30-12)33-13(2)32)20-17(7-25)21(27)29-23(18(20)8-26)35-11-16-10-34-22(28-16)14-3-5-15(24)6-4-14/h3-6,9-10H,11H2,1-2H3,(H2,27,29). The second-order valence-corrected chi connectivity index (χ2v) is 9.46. The number of benzene rings is 1. The van der Waals surface area contributed by atoms with E-state index in [0.29, 0.717) is 32.6 Å². The number of carbonyl (C=O) groups is 1. The largest absolute Gasteiger partial charge is 0.383 e. The number of nitrogens with zero attached hydrogens (tertiary/aromatic N) is 6. The molecule has 0 spiro atoms. The molecule has 0 saturated heterocycles. The smallest absolute Gasteiger partial charge is 0.331 e. The molecule has 3 heterocycles. The van der Waals surface area contributed by atoms with E-state index in [9.17, 15) is 15.3 Å². The molecule has 0 unspecified atom stereocenters. The maximum Gasteiger partial charge on any atom is 0.331 e. The number of carbonyl (C=O) groups excluding carboxylic acids is 1. The zero-order valence-corrected chi connectivity index (χ0v) is 20.8. The number of hydrogen-bond acceptors (Lipinski definition) is 10. The van der Waals surface area contributed by atoms with Crippen LogP contribution in [0.1, 0.15) is 29.4 Å². The molecule has 0 radical (unpaired) electrons. The maximum absolute atomic E-state index is 11.3. The topological polar surface area (TPSA) is 144 Å². The van der Waals surface area contributed by atoms with Gasteiger partial charge in [-0.25, -0.2) is 14.8 Å². The Morgan fingerprint density at radius 2 is 1.94 bits per heavy atom. The Morgan fingerprint density at radius 3 is 2.60 bits per heavy atom. The number of hydrogen-bond donors (Lipinski definition) is 1. The second-order valence-electron chi connectivity index (χ2n) is 7.20. The molecule has 35 heavy (non-hydrogen) atoms. The Kier molecular flexibility index (Phi) is 7.03. The van der Waals surface area contributed by atoms with Crippen LogP contribution in [0.15, 0.2) is 40.9 Å². The molecule has 0 bridgehead atoms. The molecule has 0 aliphatic heterocycles. The van der Waals surface area contributed by atoms with E-state index in [2.05, 4.69) is 21.1 Å². The summed E-state index contributed by atoms with van der Waals surface area (Å²) in [7, 11) is 0. The van der Waals surface area contributed by atoms with Crippen LogP contribution in [-0.4, -0.2) is 25.9 Å². The molecule has 3 aromatic heterocycles. The third-order valence-electron chi connectivity index (χ3n) is 4.78. The first-order chi connectivity index (χ1) is 16.8. The van der Waals surface area contributed by atoms with Gasteiger partial charge in [0.25, 0.3) is 0 Å². The van der Waals surface area contributed by atoms with Crippen LogP contribution in [0.5, 0.6) is 0 Å². The van der Waals surface area contributed by atoms with Crippen LogP contribution in [0, 0.1) is 29.6 Å². The third kappa shape index (κ3) is 5.12. The first-order valence-electron chi connectivity index (χ1n) is 10.0. The second kappa shape index (κ2) is 10.2. The fourth-order valence-electron chi connectivity index (χ4n) is 3.27. The lowest BCUT2D eigenvalue weighted by molar-refractivity contribution is -0.143. The Labute approximate surface area is 213 Å². The van der Waals surface area contributed by atoms with E-state index >= 15 is 0 Å². The molecule has 0 amide bonds. The number of thiazole rings is 1. The molecule has 2 N–H and O–H groups in total. The van der Waals surface area contributed by atoms with Gasteiger partial charge in [0.15, 0.2) is 0 Å². The van der Waals surface area contributed by atoms with Gasteiger partial charge in [0.05, 0.1) is 23.1 Å². The van der Waals surface area contributed by atoms with E-state index in [0.717, 1.165) is 21.1 Å². The fraction of sp³-hybridized carbons (Fsp3) is 0.130. The minimum Gasteiger partial charge on any atom is -0.383 e. The van der Waals surface area contributed by atoms with Crippen molar-refractivity contribution in [1.82, 2.24) is 19.9 Å². The van der Waals surface area contributed by atoms with Crippen molar-refractivity contribution in [3.8, 4) is 33.8 Å². The monoisotopic (exact) mass is 521 g/mol.